The number of nitrogens with one attached hydrogen (secondary N) is 1. The van der Waals surface area contributed by atoms with Crippen molar-refractivity contribution in [1.29, 1.82) is 0 Å². The van der Waals surface area contributed by atoms with Crippen LogP contribution in [0, 0.1) is 0 Å². The molecule has 3 N–H and O–H groups in total. The number of ether oxygens (including phenoxy) is 1. The summed E-state index contributed by atoms with van der Waals surface area (Å²) < 4.78 is 5.54. The van der Waals surface area contributed by atoms with Gasteiger partial charge in [-0.05, 0) is 39.3 Å². The number of benzene rings is 1. The minimum absolute atomic E-state index is 0.156. The fraction of sp³-hybridized carbons (Fsp3) is 0.500. The molecule has 0 saturated heterocycles. The SMILES string of the molecule is CC(C)(C)OCCCC(=O)Nc1c(Cl)cc(N)cc1Cl. The first-order valence-corrected chi connectivity index (χ1v) is 7.13. The van der Waals surface area contributed by atoms with Crippen molar-refractivity contribution in [2.45, 2.75) is 39.2 Å². The van der Waals surface area contributed by atoms with Gasteiger partial charge in [0.15, 0.2) is 0 Å². The number of halogens is 2. The average molecular weight is 319 g/mol. The number of hydrogen-bond acceptors (Lipinski definition) is 3. The van der Waals surface area contributed by atoms with E-state index in [0.29, 0.717) is 40.9 Å². The zero-order valence-corrected chi connectivity index (χ0v) is 13.4. The van der Waals surface area contributed by atoms with E-state index >= 15 is 0 Å². The lowest BCUT2D eigenvalue weighted by Gasteiger charge is -2.19. The number of hydrogen-bond donors (Lipinski definition) is 2. The molecule has 0 heterocycles. The van der Waals surface area contributed by atoms with Crippen LogP contribution >= 0.6 is 23.2 Å². The van der Waals surface area contributed by atoms with E-state index in [1.807, 2.05) is 20.8 Å². The number of nitrogens with two attached hydrogens (primary N) is 1. The van der Waals surface area contributed by atoms with Crippen molar-refractivity contribution < 1.29 is 9.53 Å². The molecule has 0 saturated carbocycles. The fourth-order valence-corrected chi connectivity index (χ4v) is 2.12. The quantitative estimate of drug-likeness (QED) is 0.634. The van der Waals surface area contributed by atoms with Gasteiger partial charge in [0.05, 0.1) is 21.3 Å². The maximum absolute atomic E-state index is 11.8. The Kier molecular flexibility index (Phi) is 6.11. The Bertz CT molecular complexity index is 462. The van der Waals surface area contributed by atoms with Gasteiger partial charge in [0.1, 0.15) is 0 Å². The van der Waals surface area contributed by atoms with E-state index in [0.717, 1.165) is 0 Å². The van der Waals surface area contributed by atoms with E-state index < -0.39 is 0 Å². The Morgan fingerprint density at radius 3 is 2.35 bits per heavy atom. The van der Waals surface area contributed by atoms with Crippen LogP contribution in [-0.4, -0.2) is 18.1 Å². The van der Waals surface area contributed by atoms with Gasteiger partial charge in [-0.25, -0.2) is 0 Å². The van der Waals surface area contributed by atoms with E-state index in [-0.39, 0.29) is 11.5 Å². The van der Waals surface area contributed by atoms with Crippen LogP contribution in [0.1, 0.15) is 33.6 Å². The summed E-state index contributed by atoms with van der Waals surface area (Å²) in [6.45, 7) is 6.45. The molecule has 6 heteroatoms. The van der Waals surface area contributed by atoms with Crippen molar-refractivity contribution >= 4 is 40.5 Å². The number of amides is 1. The molecule has 0 radical (unpaired) electrons. The highest BCUT2D eigenvalue weighted by Crippen LogP contribution is 2.32. The number of carbonyl (C=O) groups is 1. The van der Waals surface area contributed by atoms with Crippen LogP contribution in [0.2, 0.25) is 10.0 Å². The van der Waals surface area contributed by atoms with Crippen LogP contribution in [0.5, 0.6) is 0 Å². The average Bonchev–Trinajstić information content (AvgIpc) is 2.28. The van der Waals surface area contributed by atoms with Gasteiger partial charge in [-0.1, -0.05) is 23.2 Å². The summed E-state index contributed by atoms with van der Waals surface area (Å²) in [5.41, 5.74) is 6.25. The van der Waals surface area contributed by atoms with Crippen molar-refractivity contribution in [3.05, 3.63) is 22.2 Å². The van der Waals surface area contributed by atoms with E-state index in [9.17, 15) is 4.79 Å². The molecule has 0 aliphatic heterocycles. The topological polar surface area (TPSA) is 64.3 Å². The van der Waals surface area contributed by atoms with Gasteiger partial charge in [-0.2, -0.15) is 0 Å². The summed E-state index contributed by atoms with van der Waals surface area (Å²) in [4.78, 5) is 11.8. The Labute approximate surface area is 129 Å². The summed E-state index contributed by atoms with van der Waals surface area (Å²) in [5, 5.41) is 3.35. The molecule has 0 aliphatic rings. The first kappa shape index (κ1) is 17.1. The van der Waals surface area contributed by atoms with Crippen LogP contribution in [0.25, 0.3) is 0 Å². The van der Waals surface area contributed by atoms with Gasteiger partial charge in [-0.15, -0.1) is 0 Å². The molecule has 1 aromatic carbocycles. The molecule has 0 aliphatic carbocycles. The van der Waals surface area contributed by atoms with Crippen LogP contribution in [0.3, 0.4) is 0 Å². The molecular weight excluding hydrogens is 299 g/mol. The summed E-state index contributed by atoms with van der Waals surface area (Å²) in [6, 6.07) is 3.09. The molecule has 0 fully saturated rings. The highest BCUT2D eigenvalue weighted by molar-refractivity contribution is 6.40. The smallest absolute Gasteiger partial charge is 0.224 e. The zero-order valence-electron chi connectivity index (χ0n) is 11.9. The molecule has 0 bridgehead atoms. The Balaban J connectivity index is 2.47. The highest BCUT2D eigenvalue weighted by Gasteiger charge is 2.12. The van der Waals surface area contributed by atoms with Crippen LogP contribution < -0.4 is 11.1 Å². The number of nitrogen functional groups attached to an aromatic ring is 1. The third kappa shape index (κ3) is 5.99. The van der Waals surface area contributed by atoms with Gasteiger partial charge >= 0.3 is 0 Å². The number of rotatable bonds is 5. The van der Waals surface area contributed by atoms with E-state index in [4.69, 9.17) is 33.7 Å². The van der Waals surface area contributed by atoms with Crippen molar-refractivity contribution in [3.8, 4) is 0 Å². The largest absolute Gasteiger partial charge is 0.399 e. The van der Waals surface area contributed by atoms with Gasteiger partial charge in [0, 0.05) is 18.7 Å². The first-order valence-electron chi connectivity index (χ1n) is 6.37. The van der Waals surface area contributed by atoms with Gasteiger partial charge in [0.25, 0.3) is 0 Å². The maximum atomic E-state index is 11.8. The zero-order chi connectivity index (χ0) is 15.3. The number of carbonyl (C=O) groups excluding carboxylic acids is 1. The van der Waals surface area contributed by atoms with Crippen molar-refractivity contribution in [2.75, 3.05) is 17.7 Å². The van der Waals surface area contributed by atoms with Gasteiger partial charge < -0.3 is 15.8 Å². The normalized spacial score (nSPS) is 11.4. The molecule has 1 amide bonds. The standard InChI is InChI=1S/C14H20Cl2N2O2/c1-14(2,3)20-6-4-5-12(19)18-13-10(15)7-9(17)8-11(13)16/h7-8H,4-6,17H2,1-3H3,(H,18,19). The minimum Gasteiger partial charge on any atom is -0.399 e. The Morgan fingerprint density at radius 2 is 1.85 bits per heavy atom. The summed E-state index contributed by atoms with van der Waals surface area (Å²) >= 11 is 12.0. The van der Waals surface area contributed by atoms with Gasteiger partial charge in [0.2, 0.25) is 5.91 Å². The van der Waals surface area contributed by atoms with Crippen LogP contribution in [-0.2, 0) is 9.53 Å². The Morgan fingerprint density at radius 1 is 1.30 bits per heavy atom. The third-order valence-corrected chi connectivity index (χ3v) is 3.01. The number of anilines is 2. The second-order valence-electron chi connectivity index (χ2n) is 5.47. The molecule has 20 heavy (non-hydrogen) atoms. The molecule has 0 atom stereocenters. The molecule has 4 nitrogen and oxygen atoms in total. The predicted molar refractivity (Wildman–Crippen MR) is 84.4 cm³/mol. The summed E-state index contributed by atoms with van der Waals surface area (Å²) in [5.74, 6) is -0.156. The van der Waals surface area contributed by atoms with Gasteiger partial charge in [-0.3, -0.25) is 4.79 Å². The molecule has 1 rings (SSSR count). The second-order valence-corrected chi connectivity index (χ2v) is 6.29. The van der Waals surface area contributed by atoms with Crippen LogP contribution in [0.4, 0.5) is 11.4 Å². The maximum Gasteiger partial charge on any atom is 0.224 e. The lowest BCUT2D eigenvalue weighted by atomic mass is 10.2. The van der Waals surface area contributed by atoms with Crippen LogP contribution in [0.15, 0.2) is 12.1 Å². The van der Waals surface area contributed by atoms with E-state index in [2.05, 4.69) is 5.32 Å². The fourth-order valence-electron chi connectivity index (χ4n) is 1.53. The summed E-state index contributed by atoms with van der Waals surface area (Å²) in [7, 11) is 0. The predicted octanol–water partition coefficient (Wildman–Crippen LogP) is 4.11. The van der Waals surface area contributed by atoms with E-state index in [1.165, 1.54) is 0 Å². The highest BCUT2D eigenvalue weighted by atomic mass is 35.5. The first-order chi connectivity index (χ1) is 9.19. The molecule has 0 unspecified atom stereocenters. The monoisotopic (exact) mass is 318 g/mol. The van der Waals surface area contributed by atoms with Crippen molar-refractivity contribution in [3.63, 3.8) is 0 Å². The Hall–Kier alpha value is -0.970. The summed E-state index contributed by atoms with van der Waals surface area (Å²) in [6.07, 6.45) is 0.973. The second kappa shape index (κ2) is 7.16. The molecule has 1 aromatic rings. The lowest BCUT2D eigenvalue weighted by molar-refractivity contribution is -0.116. The molecular formula is C14H20Cl2N2O2. The molecule has 0 spiro atoms. The van der Waals surface area contributed by atoms with E-state index in [1.54, 1.807) is 12.1 Å². The lowest BCUT2D eigenvalue weighted by Crippen LogP contribution is -2.20. The molecule has 0 aromatic heterocycles. The minimum atomic E-state index is -0.194. The molecule has 112 valence electrons. The third-order valence-electron chi connectivity index (χ3n) is 2.41. The van der Waals surface area contributed by atoms with Crippen molar-refractivity contribution in [1.82, 2.24) is 0 Å². The van der Waals surface area contributed by atoms with Crippen molar-refractivity contribution in [2.24, 2.45) is 0 Å².